The summed E-state index contributed by atoms with van der Waals surface area (Å²) >= 11 is 0. The van der Waals surface area contributed by atoms with Crippen molar-refractivity contribution in [3.05, 3.63) is 58.7 Å². The van der Waals surface area contributed by atoms with Gasteiger partial charge in [0.05, 0.1) is 18.0 Å². The molecular weight excluding hydrogens is 482 g/mol. The molecule has 38 heavy (non-hydrogen) atoms. The third kappa shape index (κ3) is 4.27. The number of aryl methyl sites for hydroxylation is 1. The molecular formula is C28H33N7O3. The zero-order valence-electron chi connectivity index (χ0n) is 21.2. The van der Waals surface area contributed by atoms with Gasteiger partial charge in [-0.15, -0.1) is 0 Å². The van der Waals surface area contributed by atoms with Crippen LogP contribution < -0.4 is 22.5 Å². The maximum atomic E-state index is 12.9. The SMILES string of the molecule is N#CC1C[C@@H]2C[C@@H]2N1C(=O)CNCCC1(C(=N)N)c2ccc(C(N)=O)cc2CCC2C=C(C(N)=O)C=CC21. The summed E-state index contributed by atoms with van der Waals surface area (Å²) in [5.41, 5.74) is 19.1. The highest BCUT2D eigenvalue weighted by Gasteiger charge is 2.54. The van der Waals surface area contributed by atoms with Crippen LogP contribution in [0.4, 0.5) is 0 Å². The summed E-state index contributed by atoms with van der Waals surface area (Å²) in [6.45, 7) is 0.490. The van der Waals surface area contributed by atoms with Crippen LogP contribution in [0.5, 0.6) is 0 Å². The Morgan fingerprint density at radius 1 is 1.18 bits per heavy atom. The van der Waals surface area contributed by atoms with Crippen LogP contribution in [-0.2, 0) is 21.4 Å². The van der Waals surface area contributed by atoms with E-state index in [0.29, 0.717) is 42.9 Å². The van der Waals surface area contributed by atoms with E-state index in [9.17, 15) is 19.6 Å². The van der Waals surface area contributed by atoms with Gasteiger partial charge in [-0.3, -0.25) is 19.8 Å². The Morgan fingerprint density at radius 2 is 1.97 bits per heavy atom. The van der Waals surface area contributed by atoms with Crippen LogP contribution in [0.3, 0.4) is 0 Å². The molecule has 5 rings (SSSR count). The van der Waals surface area contributed by atoms with E-state index in [0.717, 1.165) is 24.0 Å². The Kier molecular flexibility index (Phi) is 6.57. The van der Waals surface area contributed by atoms with Crippen LogP contribution in [0.15, 0.2) is 42.0 Å². The van der Waals surface area contributed by atoms with Gasteiger partial charge < -0.3 is 27.4 Å². The molecule has 198 valence electrons. The van der Waals surface area contributed by atoms with Crippen molar-refractivity contribution in [2.75, 3.05) is 13.1 Å². The number of carbonyl (C=O) groups excluding carboxylic acids is 3. The number of piperidine rings is 1. The van der Waals surface area contributed by atoms with Crippen molar-refractivity contribution >= 4 is 23.6 Å². The van der Waals surface area contributed by atoms with Crippen LogP contribution >= 0.6 is 0 Å². The molecule has 1 saturated heterocycles. The first-order valence-corrected chi connectivity index (χ1v) is 13.1. The number of hydrogen-bond donors (Lipinski definition) is 5. The number of likely N-dealkylation sites (tertiary alicyclic amines) is 1. The Balaban J connectivity index is 1.42. The zero-order chi connectivity index (χ0) is 27.2. The number of nitrogens with zero attached hydrogens (tertiary/aromatic N) is 2. The van der Waals surface area contributed by atoms with Gasteiger partial charge in [0, 0.05) is 23.1 Å². The fourth-order valence-corrected chi connectivity index (χ4v) is 6.85. The number of fused-ring (bicyclic) bond motifs is 3. The molecule has 6 atom stereocenters. The van der Waals surface area contributed by atoms with Gasteiger partial charge in [0.15, 0.2) is 0 Å². The molecule has 0 bridgehead atoms. The summed E-state index contributed by atoms with van der Waals surface area (Å²) < 4.78 is 0. The minimum atomic E-state index is -0.941. The number of amides is 3. The topological polar surface area (TPSA) is 192 Å². The molecule has 0 radical (unpaired) electrons. The van der Waals surface area contributed by atoms with E-state index in [-0.39, 0.29) is 42.2 Å². The lowest BCUT2D eigenvalue weighted by atomic mass is 9.61. The van der Waals surface area contributed by atoms with Crippen LogP contribution in [0, 0.1) is 34.5 Å². The van der Waals surface area contributed by atoms with Gasteiger partial charge in [0.2, 0.25) is 17.7 Å². The first kappa shape index (κ1) is 25.7. The number of nitrogens with two attached hydrogens (primary N) is 3. The molecule has 10 heteroatoms. The maximum absolute atomic E-state index is 12.9. The lowest BCUT2D eigenvalue weighted by Crippen LogP contribution is -2.51. The second-order valence-electron chi connectivity index (χ2n) is 10.9. The van der Waals surface area contributed by atoms with Crippen LogP contribution in [0.2, 0.25) is 0 Å². The third-order valence-corrected chi connectivity index (χ3v) is 8.80. The minimum absolute atomic E-state index is 0.0268. The molecule has 1 heterocycles. The molecule has 1 aromatic carbocycles. The normalized spacial score (nSPS) is 30.7. The van der Waals surface area contributed by atoms with Crippen molar-refractivity contribution in [2.24, 2.45) is 35.0 Å². The van der Waals surface area contributed by atoms with Gasteiger partial charge in [-0.25, -0.2) is 0 Å². The molecule has 1 aromatic rings. The van der Waals surface area contributed by atoms with E-state index in [1.165, 1.54) is 0 Å². The number of allylic oxidation sites excluding steroid dienone is 2. The number of carbonyl (C=O) groups is 3. The average Bonchev–Trinajstić information content (AvgIpc) is 3.58. The summed E-state index contributed by atoms with van der Waals surface area (Å²) in [6, 6.07) is 7.34. The quantitative estimate of drug-likeness (QED) is 0.191. The van der Waals surface area contributed by atoms with Gasteiger partial charge in [-0.05, 0) is 73.7 Å². The van der Waals surface area contributed by atoms with Crippen LogP contribution in [0.1, 0.15) is 47.2 Å². The number of benzene rings is 1. The maximum Gasteiger partial charge on any atom is 0.248 e. The fraction of sp³-hybridized carbons (Fsp3) is 0.464. The molecule has 4 unspecified atom stereocenters. The first-order valence-electron chi connectivity index (χ1n) is 13.1. The molecule has 0 spiro atoms. The Morgan fingerprint density at radius 3 is 2.66 bits per heavy atom. The largest absolute Gasteiger partial charge is 0.387 e. The van der Waals surface area contributed by atoms with Crippen molar-refractivity contribution in [3.8, 4) is 6.07 Å². The third-order valence-electron chi connectivity index (χ3n) is 8.80. The molecule has 8 N–H and O–H groups in total. The predicted octanol–water partition coefficient (Wildman–Crippen LogP) is 0.612. The van der Waals surface area contributed by atoms with Crippen molar-refractivity contribution < 1.29 is 14.4 Å². The molecule has 4 aliphatic rings. The van der Waals surface area contributed by atoms with E-state index in [1.807, 2.05) is 18.2 Å². The van der Waals surface area contributed by atoms with E-state index in [4.69, 9.17) is 22.6 Å². The highest BCUT2D eigenvalue weighted by atomic mass is 16.2. The smallest absolute Gasteiger partial charge is 0.248 e. The Bertz CT molecular complexity index is 1310. The van der Waals surface area contributed by atoms with Crippen molar-refractivity contribution in [1.29, 1.82) is 10.7 Å². The predicted molar refractivity (Wildman–Crippen MR) is 141 cm³/mol. The fourth-order valence-electron chi connectivity index (χ4n) is 6.85. The lowest BCUT2D eigenvalue weighted by Gasteiger charge is -2.43. The number of hydrogen-bond acceptors (Lipinski definition) is 6. The Hall–Kier alpha value is -3.97. The minimum Gasteiger partial charge on any atom is -0.387 e. The molecule has 1 saturated carbocycles. The van der Waals surface area contributed by atoms with Gasteiger partial charge in [-0.1, -0.05) is 24.3 Å². The first-order chi connectivity index (χ1) is 18.2. The van der Waals surface area contributed by atoms with Crippen LogP contribution in [0.25, 0.3) is 0 Å². The highest BCUT2D eigenvalue weighted by molar-refractivity contribution is 5.96. The van der Waals surface area contributed by atoms with Crippen molar-refractivity contribution in [2.45, 2.75) is 49.6 Å². The summed E-state index contributed by atoms with van der Waals surface area (Å²) in [5.74, 6) is -1.04. The summed E-state index contributed by atoms with van der Waals surface area (Å²) in [6.07, 6.45) is 8.91. The monoisotopic (exact) mass is 515 g/mol. The van der Waals surface area contributed by atoms with Crippen molar-refractivity contribution in [3.63, 3.8) is 0 Å². The summed E-state index contributed by atoms with van der Waals surface area (Å²) in [5, 5.41) is 21.5. The second kappa shape index (κ2) is 9.72. The molecule has 1 aliphatic heterocycles. The zero-order valence-corrected chi connectivity index (χ0v) is 21.2. The molecule has 10 nitrogen and oxygen atoms in total. The Labute approximate surface area is 221 Å². The molecule has 2 fully saturated rings. The van der Waals surface area contributed by atoms with E-state index < -0.39 is 17.2 Å². The van der Waals surface area contributed by atoms with E-state index in [1.54, 1.807) is 23.1 Å². The standard InChI is InChI=1S/C28H33N7O3/c29-13-20-11-19-12-23(19)35(20)24(36)14-34-8-7-28(27(32)33)21-5-3-17(25(30)37)9-15(21)1-2-16-10-18(26(31)38)4-6-22(16)28/h3-6,9-10,15,19-21,23,34H,1-2,7-8,11-12,14H2,(H2,30,37)(H2,31,38)(H3,32,33)/t15?,19-,20?,21?,23+,28?/m1/s1. The average molecular weight is 516 g/mol. The van der Waals surface area contributed by atoms with Crippen molar-refractivity contribution in [1.82, 2.24) is 10.2 Å². The summed E-state index contributed by atoms with van der Waals surface area (Å²) in [7, 11) is 0. The van der Waals surface area contributed by atoms with Gasteiger partial charge in [0.25, 0.3) is 0 Å². The number of rotatable bonds is 8. The summed E-state index contributed by atoms with van der Waals surface area (Å²) in [4.78, 5) is 38.5. The number of nitrogens with one attached hydrogen (secondary N) is 2. The van der Waals surface area contributed by atoms with Gasteiger partial charge >= 0.3 is 0 Å². The van der Waals surface area contributed by atoms with Crippen LogP contribution in [-0.4, -0.2) is 53.6 Å². The second-order valence-corrected chi connectivity index (χ2v) is 10.9. The molecule has 3 amide bonds. The highest BCUT2D eigenvalue weighted by Crippen LogP contribution is 2.49. The number of amidine groups is 1. The number of primary amides is 2. The molecule has 0 aromatic heterocycles. The number of nitriles is 1. The lowest BCUT2D eigenvalue weighted by molar-refractivity contribution is -0.131. The van der Waals surface area contributed by atoms with Gasteiger partial charge in [-0.2, -0.15) is 5.26 Å². The van der Waals surface area contributed by atoms with E-state index >= 15 is 0 Å². The molecule has 3 aliphatic carbocycles. The van der Waals surface area contributed by atoms with E-state index in [2.05, 4.69) is 11.4 Å². The van der Waals surface area contributed by atoms with Gasteiger partial charge in [0.1, 0.15) is 11.9 Å².